The molecule has 1 aliphatic rings. The lowest BCUT2D eigenvalue weighted by Crippen LogP contribution is -2.46. The summed E-state index contributed by atoms with van der Waals surface area (Å²) in [6.07, 6.45) is 3.77. The van der Waals surface area contributed by atoms with Gasteiger partial charge in [-0.05, 0) is 37.5 Å². The second kappa shape index (κ2) is 6.88. The van der Waals surface area contributed by atoms with Gasteiger partial charge in [0, 0.05) is 37.8 Å². The summed E-state index contributed by atoms with van der Waals surface area (Å²) in [5.74, 6) is 0. The van der Waals surface area contributed by atoms with Crippen molar-refractivity contribution in [3.8, 4) is 0 Å². The summed E-state index contributed by atoms with van der Waals surface area (Å²) in [5, 5.41) is 0.790. The third-order valence-corrected chi connectivity index (χ3v) is 8.16. The van der Waals surface area contributed by atoms with Crippen molar-refractivity contribution in [3.63, 3.8) is 0 Å². The van der Waals surface area contributed by atoms with Gasteiger partial charge in [-0.15, -0.1) is 0 Å². The Labute approximate surface area is 154 Å². The van der Waals surface area contributed by atoms with Crippen LogP contribution in [0.4, 0.5) is 0 Å². The Morgan fingerprint density at radius 3 is 2.42 bits per heavy atom. The normalized spacial score (nSPS) is 17.8. The first-order valence-electron chi connectivity index (χ1n) is 8.39. The number of para-hydroxylation sites is 1. The molecule has 2 heterocycles. The average molecular weight is 398 g/mol. The van der Waals surface area contributed by atoms with Crippen LogP contribution in [0.15, 0.2) is 35.4 Å². The molecule has 1 aromatic carbocycles. The maximum absolute atomic E-state index is 13.1. The van der Waals surface area contributed by atoms with Gasteiger partial charge in [0.25, 0.3) is 0 Å². The molecule has 0 radical (unpaired) electrons. The van der Waals surface area contributed by atoms with Crippen LogP contribution < -0.4 is 0 Å². The number of rotatable bonds is 4. The minimum absolute atomic E-state index is 0.176. The smallest absolute Gasteiger partial charge is 0.245 e. The average Bonchev–Trinajstić information content (AvgIpc) is 2.59. The van der Waals surface area contributed by atoms with E-state index >= 15 is 0 Å². The summed E-state index contributed by atoms with van der Waals surface area (Å²) in [5.41, 5.74) is 1.44. The first-order chi connectivity index (χ1) is 12.1. The molecule has 7 nitrogen and oxygen atoms in total. The van der Waals surface area contributed by atoms with Gasteiger partial charge in [0.15, 0.2) is 0 Å². The van der Waals surface area contributed by atoms with Gasteiger partial charge in [-0.25, -0.2) is 21.1 Å². The van der Waals surface area contributed by atoms with E-state index < -0.39 is 20.0 Å². The van der Waals surface area contributed by atoms with Gasteiger partial charge < -0.3 is 0 Å². The molecule has 1 aliphatic heterocycles. The van der Waals surface area contributed by atoms with Crippen LogP contribution in [0.2, 0.25) is 0 Å². The number of fused-ring (bicyclic) bond motifs is 1. The molecule has 142 valence electrons. The van der Waals surface area contributed by atoms with Crippen LogP contribution in [-0.2, 0) is 20.0 Å². The van der Waals surface area contributed by atoms with Crippen LogP contribution in [-0.4, -0.2) is 62.9 Å². The van der Waals surface area contributed by atoms with Gasteiger partial charge in [-0.1, -0.05) is 12.1 Å². The Morgan fingerprint density at radius 2 is 1.81 bits per heavy atom. The fourth-order valence-electron chi connectivity index (χ4n) is 3.31. The summed E-state index contributed by atoms with van der Waals surface area (Å²) in [6.45, 7) is 2.49. The molecule has 0 spiro atoms. The molecule has 26 heavy (non-hydrogen) atoms. The monoisotopic (exact) mass is 397 g/mol. The molecule has 0 amide bonds. The van der Waals surface area contributed by atoms with E-state index in [1.807, 2.05) is 19.1 Å². The fraction of sp³-hybridized carbons (Fsp3) is 0.471. The maximum atomic E-state index is 13.1. The topological polar surface area (TPSA) is 87.7 Å². The van der Waals surface area contributed by atoms with Crippen molar-refractivity contribution in [2.24, 2.45) is 0 Å². The number of nitrogens with zero attached hydrogens (tertiary/aromatic N) is 3. The Balaban J connectivity index is 1.87. The van der Waals surface area contributed by atoms with E-state index in [9.17, 15) is 16.8 Å². The largest absolute Gasteiger partial charge is 0.255 e. The maximum Gasteiger partial charge on any atom is 0.245 e. The number of piperidine rings is 1. The van der Waals surface area contributed by atoms with Crippen LogP contribution in [0, 0.1) is 6.92 Å². The van der Waals surface area contributed by atoms with E-state index in [0.717, 1.165) is 10.9 Å². The quantitative estimate of drug-likeness (QED) is 0.782. The van der Waals surface area contributed by atoms with Crippen LogP contribution in [0.25, 0.3) is 10.9 Å². The van der Waals surface area contributed by atoms with Crippen molar-refractivity contribution >= 4 is 30.9 Å². The molecule has 0 bridgehead atoms. The Hall–Kier alpha value is -1.55. The molecule has 0 unspecified atom stereocenters. The van der Waals surface area contributed by atoms with Crippen LogP contribution in [0.3, 0.4) is 0 Å². The highest BCUT2D eigenvalue weighted by Crippen LogP contribution is 2.28. The zero-order chi connectivity index (χ0) is 19.1. The van der Waals surface area contributed by atoms with Crippen molar-refractivity contribution < 1.29 is 16.8 Å². The lowest BCUT2D eigenvalue weighted by Gasteiger charge is -2.35. The molecule has 0 saturated carbocycles. The van der Waals surface area contributed by atoms with Crippen LogP contribution in [0.5, 0.6) is 0 Å². The van der Waals surface area contributed by atoms with Crippen molar-refractivity contribution in [1.82, 2.24) is 13.6 Å². The van der Waals surface area contributed by atoms with Gasteiger partial charge >= 0.3 is 0 Å². The predicted octanol–water partition coefficient (Wildman–Crippen LogP) is 1.59. The molecule has 1 aromatic heterocycles. The van der Waals surface area contributed by atoms with E-state index in [1.165, 1.54) is 14.9 Å². The number of pyridine rings is 1. The van der Waals surface area contributed by atoms with Gasteiger partial charge in [0.1, 0.15) is 4.90 Å². The second-order valence-corrected chi connectivity index (χ2v) is 10.7. The zero-order valence-electron chi connectivity index (χ0n) is 15.1. The molecular weight excluding hydrogens is 374 g/mol. The Bertz CT molecular complexity index is 1030. The summed E-state index contributed by atoms with van der Waals surface area (Å²) >= 11 is 0. The van der Waals surface area contributed by atoms with Gasteiger partial charge in [0.05, 0.1) is 11.8 Å². The SMILES string of the molecule is Cc1cnc2c(S(=O)(=O)N3CCC(N(C)S(C)(=O)=O)CC3)cccc2c1. The molecule has 2 aromatic rings. The lowest BCUT2D eigenvalue weighted by atomic mass is 10.1. The van der Waals surface area contributed by atoms with Crippen molar-refractivity contribution in [2.45, 2.75) is 30.7 Å². The van der Waals surface area contributed by atoms with Crippen molar-refractivity contribution in [1.29, 1.82) is 0 Å². The van der Waals surface area contributed by atoms with Crippen molar-refractivity contribution in [3.05, 3.63) is 36.0 Å². The van der Waals surface area contributed by atoms with E-state index in [0.29, 0.717) is 18.4 Å². The summed E-state index contributed by atoms with van der Waals surface area (Å²) in [4.78, 5) is 4.52. The number of hydrogen-bond acceptors (Lipinski definition) is 5. The molecule has 0 N–H and O–H groups in total. The molecule has 0 atom stereocenters. The van der Waals surface area contributed by atoms with Gasteiger partial charge in [0.2, 0.25) is 20.0 Å². The Morgan fingerprint density at radius 1 is 1.15 bits per heavy atom. The molecule has 3 rings (SSSR count). The first-order valence-corrected chi connectivity index (χ1v) is 11.7. The van der Waals surface area contributed by atoms with Gasteiger partial charge in [-0.2, -0.15) is 4.31 Å². The summed E-state index contributed by atoms with van der Waals surface area (Å²) in [6, 6.07) is 6.88. The summed E-state index contributed by atoms with van der Waals surface area (Å²) < 4.78 is 52.4. The number of aryl methyl sites for hydroxylation is 1. The lowest BCUT2D eigenvalue weighted by molar-refractivity contribution is 0.239. The second-order valence-electron chi connectivity index (χ2n) is 6.75. The van der Waals surface area contributed by atoms with Gasteiger partial charge in [-0.3, -0.25) is 4.98 Å². The molecule has 0 aliphatic carbocycles. The standard InChI is InChI=1S/C17H23N3O4S2/c1-13-11-14-5-4-6-16(17(14)18-12-13)26(23,24)20-9-7-15(8-10-20)19(2)25(3,21)22/h4-6,11-12,15H,7-10H2,1-3H3. The predicted molar refractivity (Wildman–Crippen MR) is 101 cm³/mol. The van der Waals surface area contributed by atoms with E-state index in [1.54, 1.807) is 25.4 Å². The number of hydrogen-bond donors (Lipinski definition) is 0. The van der Waals surface area contributed by atoms with E-state index in [2.05, 4.69) is 4.98 Å². The third kappa shape index (κ3) is 3.62. The molecule has 9 heteroatoms. The number of aromatic nitrogens is 1. The fourth-order valence-corrected chi connectivity index (χ4v) is 5.69. The number of sulfonamides is 2. The van der Waals surface area contributed by atoms with Crippen LogP contribution >= 0.6 is 0 Å². The first kappa shape index (κ1) is 19.2. The summed E-state index contributed by atoms with van der Waals surface area (Å²) in [7, 11) is -5.43. The highest BCUT2D eigenvalue weighted by Gasteiger charge is 2.33. The Kier molecular flexibility index (Phi) is 5.08. The molecule has 1 fully saturated rings. The number of benzene rings is 1. The minimum atomic E-state index is -3.68. The highest BCUT2D eigenvalue weighted by atomic mass is 32.2. The van der Waals surface area contributed by atoms with Crippen molar-refractivity contribution in [2.75, 3.05) is 26.4 Å². The van der Waals surface area contributed by atoms with Crippen LogP contribution in [0.1, 0.15) is 18.4 Å². The minimum Gasteiger partial charge on any atom is -0.255 e. The zero-order valence-corrected chi connectivity index (χ0v) is 16.7. The third-order valence-electron chi connectivity index (χ3n) is 4.89. The van der Waals surface area contributed by atoms with E-state index in [-0.39, 0.29) is 24.0 Å². The highest BCUT2D eigenvalue weighted by molar-refractivity contribution is 7.89. The molecule has 1 saturated heterocycles. The van der Waals surface area contributed by atoms with E-state index in [4.69, 9.17) is 0 Å². The molecular formula is C17H23N3O4S2.